The predicted octanol–water partition coefficient (Wildman–Crippen LogP) is 2.97. The summed E-state index contributed by atoms with van der Waals surface area (Å²) in [6, 6.07) is 3.69. The molecule has 1 rings (SSSR count). The lowest BCUT2D eigenvalue weighted by atomic mass is 10.1. The van der Waals surface area contributed by atoms with Gasteiger partial charge in [0.25, 0.3) is 0 Å². The number of hydrogen-bond donors (Lipinski definition) is 2. The Balaban J connectivity index is 3.18. The van der Waals surface area contributed by atoms with Crippen LogP contribution in [0, 0.1) is 0 Å². The molecule has 1 atom stereocenters. The molecule has 0 aliphatic heterocycles. The maximum Gasteiger partial charge on any atom is 0.0923 e. The van der Waals surface area contributed by atoms with E-state index in [1.807, 2.05) is 12.1 Å². The second-order valence-corrected chi connectivity index (χ2v) is 4.96. The van der Waals surface area contributed by atoms with E-state index in [1.54, 1.807) is 0 Å². The van der Waals surface area contributed by atoms with Crippen LogP contribution in [-0.2, 0) is 0 Å². The topological polar surface area (TPSA) is 46.2 Å². The summed E-state index contributed by atoms with van der Waals surface area (Å²) in [5, 5.41) is 9.53. The van der Waals surface area contributed by atoms with Crippen LogP contribution >= 0.6 is 47.8 Å². The van der Waals surface area contributed by atoms with Crippen LogP contribution in [0.5, 0.6) is 0 Å². The van der Waals surface area contributed by atoms with Crippen LogP contribution < -0.4 is 5.73 Å². The molecule has 1 aromatic rings. The van der Waals surface area contributed by atoms with Crippen LogP contribution in [0.1, 0.15) is 11.7 Å². The summed E-state index contributed by atoms with van der Waals surface area (Å²) in [6.45, 7) is 0.215. The van der Waals surface area contributed by atoms with Crippen molar-refractivity contribution in [2.45, 2.75) is 6.10 Å². The second kappa shape index (κ2) is 4.89. The summed E-state index contributed by atoms with van der Waals surface area (Å²) in [4.78, 5) is 0. The van der Waals surface area contributed by atoms with Crippen molar-refractivity contribution in [3.05, 3.63) is 31.1 Å². The fourth-order valence-corrected chi connectivity index (χ4v) is 2.49. The molecular formula is C8H8Br3NO. The van der Waals surface area contributed by atoms with Gasteiger partial charge in [0.15, 0.2) is 0 Å². The van der Waals surface area contributed by atoms with E-state index >= 15 is 0 Å². The van der Waals surface area contributed by atoms with Crippen LogP contribution in [0.4, 0.5) is 0 Å². The third-order valence-corrected chi connectivity index (χ3v) is 5.05. The van der Waals surface area contributed by atoms with E-state index < -0.39 is 6.10 Å². The minimum atomic E-state index is -0.626. The molecule has 0 radical (unpaired) electrons. The molecule has 0 aliphatic rings. The number of nitrogens with two attached hydrogens (primary N) is 1. The van der Waals surface area contributed by atoms with Gasteiger partial charge < -0.3 is 10.8 Å². The minimum absolute atomic E-state index is 0.215. The maximum absolute atomic E-state index is 9.53. The van der Waals surface area contributed by atoms with Crippen LogP contribution in [-0.4, -0.2) is 11.7 Å². The first-order chi connectivity index (χ1) is 6.07. The highest BCUT2D eigenvalue weighted by atomic mass is 79.9. The molecule has 0 aromatic heterocycles. The molecule has 3 N–H and O–H groups in total. The molecule has 5 heteroatoms. The average molecular weight is 374 g/mol. The summed E-state index contributed by atoms with van der Waals surface area (Å²) in [7, 11) is 0. The van der Waals surface area contributed by atoms with E-state index in [2.05, 4.69) is 47.8 Å². The predicted molar refractivity (Wildman–Crippen MR) is 63.6 cm³/mol. The van der Waals surface area contributed by atoms with Crippen molar-refractivity contribution in [3.8, 4) is 0 Å². The van der Waals surface area contributed by atoms with E-state index in [9.17, 15) is 5.11 Å². The fourth-order valence-electron chi connectivity index (χ4n) is 0.925. The number of rotatable bonds is 2. The normalized spacial score (nSPS) is 13.0. The summed E-state index contributed by atoms with van der Waals surface area (Å²) in [6.07, 6.45) is -0.626. The maximum atomic E-state index is 9.53. The number of aliphatic hydroxyl groups is 1. The largest absolute Gasteiger partial charge is 0.387 e. The Morgan fingerprint density at radius 2 is 1.85 bits per heavy atom. The van der Waals surface area contributed by atoms with Crippen molar-refractivity contribution in [2.75, 3.05) is 6.54 Å². The molecule has 0 heterocycles. The standard InChI is InChI=1S/C8H8Br3NO/c9-5-2-1-4(6(13)3-12)7(10)8(5)11/h1-2,6,13H,3,12H2. The third-order valence-electron chi connectivity index (χ3n) is 1.65. The molecule has 1 aromatic carbocycles. The first-order valence-electron chi connectivity index (χ1n) is 3.59. The first kappa shape index (κ1) is 11.7. The van der Waals surface area contributed by atoms with E-state index in [1.165, 1.54) is 0 Å². The van der Waals surface area contributed by atoms with E-state index in [0.29, 0.717) is 0 Å². The van der Waals surface area contributed by atoms with E-state index in [-0.39, 0.29) is 6.54 Å². The molecule has 13 heavy (non-hydrogen) atoms. The zero-order valence-electron chi connectivity index (χ0n) is 6.60. The summed E-state index contributed by atoms with van der Waals surface area (Å²) < 4.78 is 2.66. The lowest BCUT2D eigenvalue weighted by molar-refractivity contribution is 0.186. The summed E-state index contributed by atoms with van der Waals surface area (Å²) in [5.74, 6) is 0. The van der Waals surface area contributed by atoms with Crippen LogP contribution in [0.2, 0.25) is 0 Å². The number of halogens is 3. The number of benzene rings is 1. The lowest BCUT2D eigenvalue weighted by Gasteiger charge is -2.12. The van der Waals surface area contributed by atoms with E-state index in [0.717, 1.165) is 19.0 Å². The highest BCUT2D eigenvalue weighted by molar-refractivity contribution is 9.14. The Morgan fingerprint density at radius 3 is 2.38 bits per heavy atom. The minimum Gasteiger partial charge on any atom is -0.387 e. The Hall–Kier alpha value is 0.580. The molecule has 0 spiro atoms. The molecule has 0 bridgehead atoms. The smallest absolute Gasteiger partial charge is 0.0923 e. The average Bonchev–Trinajstić information content (AvgIpc) is 2.13. The number of hydrogen-bond acceptors (Lipinski definition) is 2. The number of aliphatic hydroxyl groups excluding tert-OH is 1. The van der Waals surface area contributed by atoms with Gasteiger partial charge in [-0.3, -0.25) is 0 Å². The van der Waals surface area contributed by atoms with Crippen LogP contribution in [0.3, 0.4) is 0 Å². The Morgan fingerprint density at radius 1 is 1.23 bits per heavy atom. The molecular weight excluding hydrogens is 366 g/mol. The summed E-state index contributed by atoms with van der Waals surface area (Å²) in [5.41, 5.74) is 6.15. The molecule has 72 valence electrons. The van der Waals surface area contributed by atoms with Crippen LogP contribution in [0.15, 0.2) is 25.6 Å². The van der Waals surface area contributed by atoms with Crippen molar-refractivity contribution in [1.29, 1.82) is 0 Å². The van der Waals surface area contributed by atoms with Crippen LogP contribution in [0.25, 0.3) is 0 Å². The van der Waals surface area contributed by atoms with Gasteiger partial charge >= 0.3 is 0 Å². The highest BCUT2D eigenvalue weighted by Gasteiger charge is 2.13. The summed E-state index contributed by atoms with van der Waals surface area (Å²) >= 11 is 10.1. The van der Waals surface area contributed by atoms with Gasteiger partial charge in [-0.25, -0.2) is 0 Å². The van der Waals surface area contributed by atoms with Gasteiger partial charge in [-0.15, -0.1) is 0 Å². The van der Waals surface area contributed by atoms with Gasteiger partial charge in [-0.05, 0) is 59.4 Å². The van der Waals surface area contributed by atoms with Crippen molar-refractivity contribution in [3.63, 3.8) is 0 Å². The fraction of sp³-hybridized carbons (Fsp3) is 0.250. The monoisotopic (exact) mass is 371 g/mol. The molecule has 0 aliphatic carbocycles. The molecule has 2 nitrogen and oxygen atoms in total. The first-order valence-corrected chi connectivity index (χ1v) is 5.97. The van der Waals surface area contributed by atoms with Gasteiger partial charge in [-0.1, -0.05) is 6.07 Å². The van der Waals surface area contributed by atoms with Crippen molar-refractivity contribution in [2.24, 2.45) is 5.73 Å². The quantitative estimate of drug-likeness (QED) is 0.783. The highest BCUT2D eigenvalue weighted by Crippen LogP contribution is 2.35. The van der Waals surface area contributed by atoms with E-state index in [4.69, 9.17) is 5.73 Å². The third kappa shape index (κ3) is 2.53. The van der Waals surface area contributed by atoms with Gasteiger partial charge in [0.05, 0.1) is 6.10 Å². The van der Waals surface area contributed by atoms with Gasteiger partial charge in [0.1, 0.15) is 0 Å². The zero-order valence-corrected chi connectivity index (χ0v) is 11.4. The molecule has 0 amide bonds. The Labute approximate surface area is 102 Å². The lowest BCUT2D eigenvalue weighted by Crippen LogP contribution is -2.12. The van der Waals surface area contributed by atoms with Crippen molar-refractivity contribution < 1.29 is 5.11 Å². The molecule has 0 saturated heterocycles. The second-order valence-electron chi connectivity index (χ2n) is 2.52. The van der Waals surface area contributed by atoms with Gasteiger partial charge in [0, 0.05) is 20.0 Å². The Kier molecular flexibility index (Phi) is 4.38. The molecule has 1 unspecified atom stereocenters. The van der Waals surface area contributed by atoms with Crippen molar-refractivity contribution in [1.82, 2.24) is 0 Å². The van der Waals surface area contributed by atoms with Crippen molar-refractivity contribution >= 4 is 47.8 Å². The Bertz CT molecular complexity index is 317. The SMILES string of the molecule is NCC(O)c1ccc(Br)c(Br)c1Br. The van der Waals surface area contributed by atoms with Gasteiger partial charge in [-0.2, -0.15) is 0 Å². The zero-order chi connectivity index (χ0) is 10.0. The molecule has 0 saturated carbocycles. The molecule has 0 fully saturated rings. The van der Waals surface area contributed by atoms with Gasteiger partial charge in [0.2, 0.25) is 0 Å².